The van der Waals surface area contributed by atoms with Gasteiger partial charge in [-0.1, -0.05) is 0 Å². The highest BCUT2D eigenvalue weighted by molar-refractivity contribution is 6.08. The Kier molecular flexibility index (Phi) is 5.04. The first kappa shape index (κ1) is 18.7. The second-order valence-electron chi connectivity index (χ2n) is 6.26. The summed E-state index contributed by atoms with van der Waals surface area (Å²) in [6.45, 7) is 1.62. The Hall–Kier alpha value is -3.07. The Morgan fingerprint density at radius 1 is 1.41 bits per heavy atom. The Balaban J connectivity index is 1.91. The van der Waals surface area contributed by atoms with Crippen molar-refractivity contribution in [2.75, 3.05) is 44.1 Å². The molecule has 3 rings (SSSR count). The van der Waals surface area contributed by atoms with E-state index < -0.39 is 18.0 Å². The number of aliphatic hydroxyl groups excluding tert-OH is 1. The molecular weight excluding hydrogens is 354 g/mol. The van der Waals surface area contributed by atoms with E-state index in [2.05, 4.69) is 5.32 Å². The highest BCUT2D eigenvalue weighted by Gasteiger charge is 2.35. The van der Waals surface area contributed by atoms with Gasteiger partial charge < -0.3 is 29.7 Å². The molecule has 9 heteroatoms. The second kappa shape index (κ2) is 7.28. The fourth-order valence-electron chi connectivity index (χ4n) is 3.09. The summed E-state index contributed by atoms with van der Waals surface area (Å²) >= 11 is 0. The van der Waals surface area contributed by atoms with Crippen LogP contribution in [0.5, 0.6) is 5.75 Å². The SMILES string of the molecule is COC(=O)C1=C(Nc2ccc3c(c2)OC(C)C(=O)N3C)C(=O)N(CCO)C1. The number of aliphatic hydroxyl groups is 1. The van der Waals surface area contributed by atoms with Crippen molar-refractivity contribution >= 4 is 29.2 Å². The van der Waals surface area contributed by atoms with E-state index in [4.69, 9.17) is 14.6 Å². The lowest BCUT2D eigenvalue weighted by atomic mass is 10.1. The first-order valence-electron chi connectivity index (χ1n) is 8.44. The number of fused-ring (bicyclic) bond motifs is 1. The van der Waals surface area contributed by atoms with Gasteiger partial charge in [-0.05, 0) is 19.1 Å². The summed E-state index contributed by atoms with van der Waals surface area (Å²) in [5, 5.41) is 12.1. The molecular formula is C18H21N3O6. The molecule has 2 heterocycles. The third-order valence-electron chi connectivity index (χ3n) is 4.53. The van der Waals surface area contributed by atoms with Crippen molar-refractivity contribution in [3.63, 3.8) is 0 Å². The molecule has 0 fully saturated rings. The number of esters is 1. The quantitative estimate of drug-likeness (QED) is 0.703. The largest absolute Gasteiger partial charge is 0.479 e. The Labute approximate surface area is 156 Å². The predicted octanol–water partition coefficient (Wildman–Crippen LogP) is 0.104. The number of β-amino-alcohol motifs (C(OH)–C–C–N with tert-alkyl or cyclic N) is 1. The van der Waals surface area contributed by atoms with Crippen molar-refractivity contribution in [3.8, 4) is 5.75 Å². The summed E-state index contributed by atoms with van der Waals surface area (Å²) in [5.41, 5.74) is 1.43. The molecule has 0 bridgehead atoms. The molecule has 2 N–H and O–H groups in total. The van der Waals surface area contributed by atoms with Gasteiger partial charge in [-0.3, -0.25) is 9.59 Å². The van der Waals surface area contributed by atoms with Crippen LogP contribution < -0.4 is 15.0 Å². The standard InChI is InChI=1S/C18H21N3O6/c1-10-16(23)20(2)13-5-4-11(8-14(13)27-10)19-15-12(18(25)26-3)9-21(6-7-22)17(15)24/h4-5,8,10,19,22H,6-7,9H2,1-3H3. The van der Waals surface area contributed by atoms with Crippen molar-refractivity contribution in [2.45, 2.75) is 13.0 Å². The molecule has 27 heavy (non-hydrogen) atoms. The van der Waals surface area contributed by atoms with Gasteiger partial charge in [0, 0.05) is 25.3 Å². The average Bonchev–Trinajstić information content (AvgIpc) is 2.95. The lowest BCUT2D eigenvalue weighted by Crippen LogP contribution is -2.41. The molecule has 0 saturated carbocycles. The maximum atomic E-state index is 12.6. The molecule has 2 aliphatic heterocycles. The monoisotopic (exact) mass is 375 g/mol. The van der Waals surface area contributed by atoms with E-state index in [0.717, 1.165) is 0 Å². The molecule has 2 amide bonds. The average molecular weight is 375 g/mol. The van der Waals surface area contributed by atoms with Crippen LogP contribution in [0.1, 0.15) is 6.92 Å². The van der Waals surface area contributed by atoms with Gasteiger partial charge in [0.2, 0.25) is 0 Å². The molecule has 1 atom stereocenters. The smallest absolute Gasteiger partial charge is 0.337 e. The van der Waals surface area contributed by atoms with Crippen LogP contribution in [0, 0.1) is 0 Å². The summed E-state index contributed by atoms with van der Waals surface area (Å²) in [6, 6.07) is 5.05. The van der Waals surface area contributed by atoms with Crippen molar-refractivity contribution in [2.24, 2.45) is 0 Å². The second-order valence-corrected chi connectivity index (χ2v) is 6.26. The third-order valence-corrected chi connectivity index (χ3v) is 4.53. The van der Waals surface area contributed by atoms with Crippen LogP contribution in [-0.4, -0.2) is 67.7 Å². The number of rotatable bonds is 5. The molecule has 0 aliphatic carbocycles. The number of methoxy groups -OCH3 is 1. The van der Waals surface area contributed by atoms with Gasteiger partial charge in [-0.25, -0.2) is 4.79 Å². The molecule has 1 aromatic rings. The Morgan fingerprint density at radius 3 is 2.81 bits per heavy atom. The van der Waals surface area contributed by atoms with Crippen LogP contribution in [0.2, 0.25) is 0 Å². The molecule has 0 spiro atoms. The van der Waals surface area contributed by atoms with Crippen molar-refractivity contribution in [1.82, 2.24) is 4.90 Å². The fourth-order valence-corrected chi connectivity index (χ4v) is 3.09. The topological polar surface area (TPSA) is 108 Å². The molecule has 0 radical (unpaired) electrons. The molecule has 1 unspecified atom stereocenters. The van der Waals surface area contributed by atoms with E-state index in [1.165, 1.54) is 16.9 Å². The highest BCUT2D eigenvalue weighted by atomic mass is 16.5. The zero-order valence-corrected chi connectivity index (χ0v) is 15.3. The zero-order chi connectivity index (χ0) is 19.7. The number of likely N-dealkylation sites (N-methyl/N-ethyl adjacent to an activating group) is 1. The van der Waals surface area contributed by atoms with E-state index in [1.807, 2.05) is 0 Å². The third kappa shape index (κ3) is 3.33. The highest BCUT2D eigenvalue weighted by Crippen LogP contribution is 2.36. The number of nitrogens with zero attached hydrogens (tertiary/aromatic N) is 2. The number of ether oxygens (including phenoxy) is 2. The number of anilines is 2. The fraction of sp³-hybridized carbons (Fsp3) is 0.389. The van der Waals surface area contributed by atoms with Crippen molar-refractivity contribution < 1.29 is 29.0 Å². The Bertz CT molecular complexity index is 834. The van der Waals surface area contributed by atoms with Crippen LogP contribution in [-0.2, 0) is 19.1 Å². The van der Waals surface area contributed by atoms with Gasteiger partial charge in [-0.2, -0.15) is 0 Å². The molecule has 0 aromatic heterocycles. The molecule has 2 aliphatic rings. The lowest BCUT2D eigenvalue weighted by Gasteiger charge is -2.30. The number of hydrogen-bond acceptors (Lipinski definition) is 7. The van der Waals surface area contributed by atoms with E-state index in [-0.39, 0.29) is 36.9 Å². The summed E-state index contributed by atoms with van der Waals surface area (Å²) in [7, 11) is 2.91. The number of amides is 2. The minimum Gasteiger partial charge on any atom is -0.479 e. The number of carbonyl (C=O) groups is 3. The van der Waals surface area contributed by atoms with Crippen LogP contribution in [0.25, 0.3) is 0 Å². The minimum atomic E-state index is -0.615. The lowest BCUT2D eigenvalue weighted by molar-refractivity contribution is -0.136. The number of hydrogen-bond donors (Lipinski definition) is 2. The minimum absolute atomic E-state index is 0.0596. The van der Waals surface area contributed by atoms with Gasteiger partial charge in [0.1, 0.15) is 11.4 Å². The maximum Gasteiger partial charge on any atom is 0.337 e. The first-order chi connectivity index (χ1) is 12.9. The van der Waals surface area contributed by atoms with Gasteiger partial charge in [-0.15, -0.1) is 0 Å². The van der Waals surface area contributed by atoms with Gasteiger partial charge in [0.25, 0.3) is 11.8 Å². The summed E-state index contributed by atoms with van der Waals surface area (Å²) in [6.07, 6.45) is -0.615. The van der Waals surface area contributed by atoms with E-state index in [0.29, 0.717) is 17.1 Å². The number of benzene rings is 1. The summed E-state index contributed by atoms with van der Waals surface area (Å²) < 4.78 is 10.4. The van der Waals surface area contributed by atoms with E-state index in [9.17, 15) is 14.4 Å². The van der Waals surface area contributed by atoms with Crippen LogP contribution in [0.3, 0.4) is 0 Å². The van der Waals surface area contributed by atoms with Crippen LogP contribution >= 0.6 is 0 Å². The zero-order valence-electron chi connectivity index (χ0n) is 15.3. The normalized spacial score (nSPS) is 19.2. The van der Waals surface area contributed by atoms with Gasteiger partial charge >= 0.3 is 5.97 Å². The molecule has 1 aromatic carbocycles. The molecule has 144 valence electrons. The summed E-state index contributed by atoms with van der Waals surface area (Å²) in [5.74, 6) is -0.666. The maximum absolute atomic E-state index is 12.6. The van der Waals surface area contributed by atoms with Crippen LogP contribution in [0.15, 0.2) is 29.5 Å². The van der Waals surface area contributed by atoms with Gasteiger partial charge in [0.15, 0.2) is 6.10 Å². The van der Waals surface area contributed by atoms with Gasteiger partial charge in [0.05, 0.1) is 31.5 Å². The predicted molar refractivity (Wildman–Crippen MR) is 96.3 cm³/mol. The van der Waals surface area contributed by atoms with E-state index >= 15 is 0 Å². The van der Waals surface area contributed by atoms with Crippen molar-refractivity contribution in [1.29, 1.82) is 0 Å². The number of nitrogens with one attached hydrogen (secondary N) is 1. The molecule has 0 saturated heterocycles. The summed E-state index contributed by atoms with van der Waals surface area (Å²) in [4.78, 5) is 39.5. The van der Waals surface area contributed by atoms with Crippen molar-refractivity contribution in [3.05, 3.63) is 29.5 Å². The number of carbonyl (C=O) groups excluding carboxylic acids is 3. The van der Waals surface area contributed by atoms with Crippen LogP contribution in [0.4, 0.5) is 11.4 Å². The van der Waals surface area contributed by atoms with E-state index in [1.54, 1.807) is 32.2 Å². The Morgan fingerprint density at radius 2 is 2.15 bits per heavy atom. The first-order valence-corrected chi connectivity index (χ1v) is 8.44. The molecule has 9 nitrogen and oxygen atoms in total.